The zero-order valence-corrected chi connectivity index (χ0v) is 15.8. The van der Waals surface area contributed by atoms with E-state index >= 15 is 0 Å². The van der Waals surface area contributed by atoms with Crippen LogP contribution in [0.25, 0.3) is 11.4 Å². The van der Waals surface area contributed by atoms with Gasteiger partial charge in [-0.15, -0.1) is 10.2 Å². The number of nitrogens with zero attached hydrogens (tertiary/aromatic N) is 4. The molecule has 0 saturated carbocycles. The Morgan fingerprint density at radius 2 is 1.79 bits per heavy atom. The molecule has 0 aliphatic heterocycles. The van der Waals surface area contributed by atoms with Gasteiger partial charge in [0.1, 0.15) is 12.3 Å². The first-order valence-corrected chi connectivity index (χ1v) is 8.97. The van der Waals surface area contributed by atoms with Crippen molar-refractivity contribution in [1.82, 2.24) is 20.2 Å². The van der Waals surface area contributed by atoms with Crippen molar-refractivity contribution < 1.29 is 14.3 Å². The molecule has 0 saturated heterocycles. The number of tetrazole rings is 1. The molecule has 0 spiro atoms. The maximum atomic E-state index is 12.2. The zero-order chi connectivity index (χ0) is 19.9. The minimum absolute atomic E-state index is 0.0258. The number of hydrogen-bond acceptors (Lipinski definition) is 6. The van der Waals surface area contributed by atoms with Gasteiger partial charge in [0.25, 0.3) is 0 Å². The number of hydrogen-bond donors (Lipinski definition) is 1. The first-order valence-electron chi connectivity index (χ1n) is 8.97. The second-order valence-electron chi connectivity index (χ2n) is 6.20. The van der Waals surface area contributed by atoms with Crippen molar-refractivity contribution in [3.8, 4) is 17.1 Å². The summed E-state index contributed by atoms with van der Waals surface area (Å²) in [6, 6.07) is 14.1. The Bertz CT molecular complexity index is 949. The SMILES string of the molecule is CCCOc1ccc(-c2nnn(CC(=O)Nc3ccc(C(C)=O)cc3)n2)cc1. The van der Waals surface area contributed by atoms with Crippen molar-refractivity contribution in [2.45, 2.75) is 26.8 Å². The summed E-state index contributed by atoms with van der Waals surface area (Å²) < 4.78 is 5.55. The average Bonchev–Trinajstić information content (AvgIpc) is 3.15. The molecule has 3 rings (SSSR count). The van der Waals surface area contributed by atoms with Crippen molar-refractivity contribution in [2.24, 2.45) is 0 Å². The Morgan fingerprint density at radius 1 is 1.07 bits per heavy atom. The van der Waals surface area contributed by atoms with Gasteiger partial charge in [-0.05, 0) is 67.1 Å². The van der Waals surface area contributed by atoms with Crippen LogP contribution in [0.2, 0.25) is 0 Å². The van der Waals surface area contributed by atoms with Crippen LogP contribution in [-0.4, -0.2) is 38.5 Å². The number of carbonyl (C=O) groups excluding carboxylic acids is 2. The summed E-state index contributed by atoms with van der Waals surface area (Å²) >= 11 is 0. The summed E-state index contributed by atoms with van der Waals surface area (Å²) in [4.78, 5) is 24.7. The molecule has 1 heterocycles. The third-order valence-corrected chi connectivity index (χ3v) is 3.90. The number of rotatable bonds is 8. The number of benzene rings is 2. The lowest BCUT2D eigenvalue weighted by atomic mass is 10.1. The van der Waals surface area contributed by atoms with Gasteiger partial charge < -0.3 is 10.1 Å². The normalized spacial score (nSPS) is 10.5. The Labute approximate surface area is 162 Å². The van der Waals surface area contributed by atoms with Crippen molar-refractivity contribution >= 4 is 17.4 Å². The summed E-state index contributed by atoms with van der Waals surface area (Å²) in [5, 5.41) is 14.9. The van der Waals surface area contributed by atoms with E-state index in [9.17, 15) is 9.59 Å². The van der Waals surface area contributed by atoms with E-state index in [1.165, 1.54) is 11.7 Å². The quantitative estimate of drug-likeness (QED) is 0.604. The zero-order valence-electron chi connectivity index (χ0n) is 15.8. The predicted octanol–water partition coefficient (Wildman–Crippen LogP) is 2.97. The van der Waals surface area contributed by atoms with Gasteiger partial charge in [0.15, 0.2) is 5.78 Å². The number of aromatic nitrogens is 4. The van der Waals surface area contributed by atoms with E-state index in [0.29, 0.717) is 23.7 Å². The molecule has 1 aromatic heterocycles. The molecule has 2 aromatic carbocycles. The first kappa shape index (κ1) is 19.2. The molecule has 28 heavy (non-hydrogen) atoms. The highest BCUT2D eigenvalue weighted by atomic mass is 16.5. The third kappa shape index (κ3) is 5.00. The fourth-order valence-corrected chi connectivity index (χ4v) is 2.46. The molecule has 0 atom stereocenters. The number of nitrogens with one attached hydrogen (secondary N) is 1. The molecule has 0 radical (unpaired) electrons. The third-order valence-electron chi connectivity index (χ3n) is 3.90. The van der Waals surface area contributed by atoms with E-state index in [-0.39, 0.29) is 18.2 Å². The molecule has 1 N–H and O–H groups in total. The smallest absolute Gasteiger partial charge is 0.248 e. The fraction of sp³-hybridized carbons (Fsp3) is 0.250. The van der Waals surface area contributed by atoms with Gasteiger partial charge in [-0.25, -0.2) is 0 Å². The standard InChI is InChI=1S/C20H21N5O3/c1-3-12-28-18-10-6-16(7-11-18)20-22-24-25(23-20)13-19(27)21-17-8-4-15(5-9-17)14(2)26/h4-11H,3,12-13H2,1-2H3,(H,21,27). The minimum atomic E-state index is -0.289. The maximum absolute atomic E-state index is 12.2. The van der Waals surface area contributed by atoms with Crippen LogP contribution in [0.5, 0.6) is 5.75 Å². The fourth-order valence-electron chi connectivity index (χ4n) is 2.46. The van der Waals surface area contributed by atoms with Crippen LogP contribution in [0.15, 0.2) is 48.5 Å². The highest BCUT2D eigenvalue weighted by Crippen LogP contribution is 2.19. The van der Waals surface area contributed by atoms with Crippen molar-refractivity contribution in [2.75, 3.05) is 11.9 Å². The van der Waals surface area contributed by atoms with Gasteiger partial charge in [0.2, 0.25) is 11.7 Å². The number of anilines is 1. The number of amides is 1. The highest BCUT2D eigenvalue weighted by Gasteiger charge is 2.10. The number of ether oxygens (including phenoxy) is 1. The Hall–Kier alpha value is -3.55. The van der Waals surface area contributed by atoms with Crippen LogP contribution in [0.3, 0.4) is 0 Å². The van der Waals surface area contributed by atoms with Crippen LogP contribution in [0.1, 0.15) is 30.6 Å². The molecule has 0 aliphatic rings. The summed E-state index contributed by atoms with van der Waals surface area (Å²) in [5.41, 5.74) is 1.97. The second kappa shape index (κ2) is 8.90. The van der Waals surface area contributed by atoms with Crippen LogP contribution >= 0.6 is 0 Å². The van der Waals surface area contributed by atoms with Crippen LogP contribution in [0, 0.1) is 0 Å². The van der Waals surface area contributed by atoms with Gasteiger partial charge in [-0.2, -0.15) is 4.80 Å². The Kier molecular flexibility index (Phi) is 6.11. The predicted molar refractivity (Wildman–Crippen MR) is 104 cm³/mol. The lowest BCUT2D eigenvalue weighted by Gasteiger charge is -2.05. The van der Waals surface area contributed by atoms with Gasteiger partial charge in [-0.1, -0.05) is 6.92 Å². The van der Waals surface area contributed by atoms with E-state index in [4.69, 9.17) is 4.74 Å². The number of ketones is 1. The molecule has 0 fully saturated rings. The van der Waals surface area contributed by atoms with Crippen molar-refractivity contribution in [3.63, 3.8) is 0 Å². The molecule has 1 amide bonds. The molecule has 3 aromatic rings. The summed E-state index contributed by atoms with van der Waals surface area (Å²) in [7, 11) is 0. The molecule has 0 bridgehead atoms. The van der Waals surface area contributed by atoms with Crippen LogP contribution < -0.4 is 10.1 Å². The maximum Gasteiger partial charge on any atom is 0.248 e. The summed E-state index contributed by atoms with van der Waals surface area (Å²) in [6.07, 6.45) is 0.945. The van der Waals surface area contributed by atoms with Crippen LogP contribution in [0.4, 0.5) is 5.69 Å². The molecule has 0 unspecified atom stereocenters. The Morgan fingerprint density at radius 3 is 2.43 bits per heavy atom. The highest BCUT2D eigenvalue weighted by molar-refractivity contribution is 5.95. The van der Waals surface area contributed by atoms with E-state index in [0.717, 1.165) is 17.7 Å². The lowest BCUT2D eigenvalue weighted by Crippen LogP contribution is -2.20. The Balaban J connectivity index is 1.59. The second-order valence-corrected chi connectivity index (χ2v) is 6.20. The molecule has 144 valence electrons. The molecule has 8 nitrogen and oxygen atoms in total. The van der Waals surface area contributed by atoms with Gasteiger partial charge >= 0.3 is 0 Å². The number of carbonyl (C=O) groups is 2. The summed E-state index contributed by atoms with van der Waals surface area (Å²) in [6.45, 7) is 4.14. The molecular formula is C20H21N5O3. The topological polar surface area (TPSA) is 99.0 Å². The lowest BCUT2D eigenvalue weighted by molar-refractivity contribution is -0.117. The van der Waals surface area contributed by atoms with Crippen molar-refractivity contribution in [3.05, 3.63) is 54.1 Å². The van der Waals surface area contributed by atoms with Crippen molar-refractivity contribution in [1.29, 1.82) is 0 Å². The summed E-state index contributed by atoms with van der Waals surface area (Å²) in [5.74, 6) is 0.902. The van der Waals surface area contributed by atoms with E-state index in [1.54, 1.807) is 24.3 Å². The van der Waals surface area contributed by atoms with Crippen LogP contribution in [-0.2, 0) is 11.3 Å². The monoisotopic (exact) mass is 379 g/mol. The van der Waals surface area contributed by atoms with E-state index in [2.05, 4.69) is 20.7 Å². The number of Topliss-reactive ketones (excluding diaryl/α,β-unsaturated/α-hetero) is 1. The van der Waals surface area contributed by atoms with Gasteiger partial charge in [-0.3, -0.25) is 9.59 Å². The largest absolute Gasteiger partial charge is 0.494 e. The molecule has 0 aliphatic carbocycles. The first-order chi connectivity index (χ1) is 13.5. The van der Waals surface area contributed by atoms with E-state index in [1.807, 2.05) is 31.2 Å². The molecule has 8 heteroatoms. The molecular weight excluding hydrogens is 358 g/mol. The minimum Gasteiger partial charge on any atom is -0.494 e. The van der Waals surface area contributed by atoms with E-state index < -0.39 is 0 Å². The van der Waals surface area contributed by atoms with Gasteiger partial charge in [0, 0.05) is 16.8 Å². The van der Waals surface area contributed by atoms with Gasteiger partial charge in [0.05, 0.1) is 6.61 Å². The average molecular weight is 379 g/mol.